The molecule has 0 aliphatic heterocycles. The molecule has 0 bridgehead atoms. The second kappa shape index (κ2) is 9.72. The van der Waals surface area contributed by atoms with E-state index < -0.39 is 23.7 Å². The van der Waals surface area contributed by atoms with Gasteiger partial charge in [-0.25, -0.2) is 14.6 Å². The third kappa shape index (κ3) is 8.31. The molecule has 1 atom stereocenters. The van der Waals surface area contributed by atoms with Crippen molar-refractivity contribution in [3.8, 4) is 0 Å². The van der Waals surface area contributed by atoms with Gasteiger partial charge in [0.25, 0.3) is 0 Å². The third-order valence-corrected chi connectivity index (χ3v) is 3.69. The van der Waals surface area contributed by atoms with Crippen LogP contribution in [0.1, 0.15) is 63.1 Å². The van der Waals surface area contributed by atoms with Gasteiger partial charge >= 0.3 is 12.1 Å². The Labute approximate surface area is 153 Å². The van der Waals surface area contributed by atoms with Gasteiger partial charge in [-0.2, -0.15) is 0 Å². The van der Waals surface area contributed by atoms with Crippen LogP contribution in [0.15, 0.2) is 5.38 Å². The van der Waals surface area contributed by atoms with Gasteiger partial charge in [0.05, 0.1) is 13.2 Å². The molecule has 0 aliphatic carbocycles. The van der Waals surface area contributed by atoms with Crippen molar-refractivity contribution in [3.05, 3.63) is 16.1 Å². The summed E-state index contributed by atoms with van der Waals surface area (Å²) in [7, 11) is 0. The van der Waals surface area contributed by atoms with Gasteiger partial charge in [0.15, 0.2) is 5.69 Å². The van der Waals surface area contributed by atoms with Gasteiger partial charge in [-0.05, 0) is 33.6 Å². The predicted octanol–water partition coefficient (Wildman–Crippen LogP) is 3.56. The van der Waals surface area contributed by atoms with Crippen molar-refractivity contribution >= 4 is 23.4 Å². The maximum absolute atomic E-state index is 12.1. The van der Waals surface area contributed by atoms with Gasteiger partial charge in [-0.15, -0.1) is 11.3 Å². The van der Waals surface area contributed by atoms with Crippen LogP contribution in [0.25, 0.3) is 0 Å². The molecule has 8 heteroatoms. The average molecular weight is 372 g/mol. The Morgan fingerprint density at radius 2 is 1.96 bits per heavy atom. The van der Waals surface area contributed by atoms with E-state index in [0.717, 1.165) is 0 Å². The van der Waals surface area contributed by atoms with E-state index in [0.29, 0.717) is 17.5 Å². The molecule has 0 spiro atoms. The minimum atomic E-state index is -0.605. The van der Waals surface area contributed by atoms with Crippen LogP contribution in [0.3, 0.4) is 0 Å². The van der Waals surface area contributed by atoms with Crippen molar-refractivity contribution in [1.29, 1.82) is 0 Å². The van der Waals surface area contributed by atoms with Gasteiger partial charge in [0, 0.05) is 12.0 Å². The van der Waals surface area contributed by atoms with Crippen molar-refractivity contribution in [2.75, 3.05) is 19.8 Å². The number of nitrogens with one attached hydrogen (secondary N) is 1. The molecule has 0 aromatic carbocycles. The second-order valence-corrected chi connectivity index (χ2v) is 7.81. The second-order valence-electron chi connectivity index (χ2n) is 6.92. The first-order valence-corrected chi connectivity index (χ1v) is 9.20. The highest BCUT2D eigenvalue weighted by Gasteiger charge is 2.24. The van der Waals surface area contributed by atoms with Gasteiger partial charge in [0.1, 0.15) is 16.7 Å². The molecule has 25 heavy (non-hydrogen) atoms. The van der Waals surface area contributed by atoms with Crippen molar-refractivity contribution in [2.24, 2.45) is 5.92 Å². The number of hydrogen-bond acceptors (Lipinski definition) is 7. The first-order chi connectivity index (χ1) is 11.6. The fraction of sp³-hybridized carbons (Fsp3) is 0.706. The molecule has 7 nitrogen and oxygen atoms in total. The summed E-state index contributed by atoms with van der Waals surface area (Å²) in [6.45, 7) is 12.3. The molecule has 1 heterocycles. The van der Waals surface area contributed by atoms with E-state index in [2.05, 4.69) is 10.3 Å². The van der Waals surface area contributed by atoms with Crippen molar-refractivity contribution in [1.82, 2.24) is 10.3 Å². The van der Waals surface area contributed by atoms with Crippen molar-refractivity contribution < 1.29 is 23.8 Å². The third-order valence-electron chi connectivity index (χ3n) is 2.73. The Morgan fingerprint density at radius 3 is 2.52 bits per heavy atom. The van der Waals surface area contributed by atoms with Crippen molar-refractivity contribution in [3.63, 3.8) is 0 Å². The summed E-state index contributed by atoms with van der Waals surface area (Å²) in [5.41, 5.74) is -0.381. The Bertz CT molecular complexity index is 566. The Hall–Kier alpha value is -1.67. The Kier molecular flexibility index (Phi) is 8.31. The fourth-order valence-electron chi connectivity index (χ4n) is 1.79. The summed E-state index contributed by atoms with van der Waals surface area (Å²) in [6.07, 6.45) is -0.557. The Balaban J connectivity index is 2.83. The minimum Gasteiger partial charge on any atom is -0.461 e. The highest BCUT2D eigenvalue weighted by Crippen LogP contribution is 2.21. The van der Waals surface area contributed by atoms with Crippen LogP contribution < -0.4 is 5.32 Å². The number of aromatic nitrogens is 1. The van der Waals surface area contributed by atoms with Crippen LogP contribution in [0.4, 0.5) is 4.79 Å². The first-order valence-electron chi connectivity index (χ1n) is 8.32. The van der Waals surface area contributed by atoms with Gasteiger partial charge in [-0.1, -0.05) is 13.8 Å². The van der Waals surface area contributed by atoms with E-state index in [1.807, 2.05) is 13.8 Å². The topological polar surface area (TPSA) is 86.8 Å². The maximum Gasteiger partial charge on any atom is 0.408 e. The maximum atomic E-state index is 12.1. The van der Waals surface area contributed by atoms with Crippen LogP contribution in [0.5, 0.6) is 0 Å². The lowest BCUT2D eigenvalue weighted by molar-refractivity contribution is 0.0420. The number of alkyl carbamates (subject to hydrolysis) is 1. The van der Waals surface area contributed by atoms with Gasteiger partial charge in [0.2, 0.25) is 0 Å². The standard InChI is InChI=1S/C17H28N2O5S/c1-7-23-15(20)13-10-25-14(18-13)12(9-22-8-11(2)3)19-16(21)24-17(4,5)6/h10-12H,7-9H2,1-6H3,(H,19,21). The van der Waals surface area contributed by atoms with E-state index >= 15 is 0 Å². The summed E-state index contributed by atoms with van der Waals surface area (Å²) in [4.78, 5) is 28.1. The van der Waals surface area contributed by atoms with Gasteiger partial charge in [-0.3, -0.25) is 0 Å². The molecular formula is C17H28N2O5S. The number of hydrogen-bond donors (Lipinski definition) is 1. The molecule has 0 fully saturated rings. The SMILES string of the molecule is CCOC(=O)c1csc(C(COCC(C)C)NC(=O)OC(C)(C)C)n1. The molecule has 1 aromatic rings. The molecule has 1 N–H and O–H groups in total. The molecule has 0 saturated carbocycles. The normalized spacial score (nSPS) is 12.8. The number of esters is 1. The van der Waals surface area contributed by atoms with E-state index in [4.69, 9.17) is 14.2 Å². The number of thiazole rings is 1. The lowest BCUT2D eigenvalue weighted by Gasteiger charge is -2.23. The van der Waals surface area contributed by atoms with Crippen molar-refractivity contribution in [2.45, 2.75) is 53.2 Å². The van der Waals surface area contributed by atoms with Crippen LogP contribution in [-0.4, -0.2) is 42.5 Å². The molecule has 1 amide bonds. The highest BCUT2D eigenvalue weighted by molar-refractivity contribution is 7.09. The van der Waals surface area contributed by atoms with Crippen LogP contribution >= 0.6 is 11.3 Å². The average Bonchev–Trinajstić information content (AvgIpc) is 2.94. The summed E-state index contributed by atoms with van der Waals surface area (Å²) in [5.74, 6) is -0.113. The quantitative estimate of drug-likeness (QED) is 0.702. The largest absolute Gasteiger partial charge is 0.461 e. The molecule has 0 radical (unpaired) electrons. The molecular weight excluding hydrogens is 344 g/mol. The summed E-state index contributed by atoms with van der Waals surface area (Å²) in [5, 5.41) is 4.94. The lowest BCUT2D eigenvalue weighted by atomic mass is 10.2. The zero-order valence-electron chi connectivity index (χ0n) is 15.8. The number of amides is 1. The lowest BCUT2D eigenvalue weighted by Crippen LogP contribution is -2.36. The fourth-order valence-corrected chi connectivity index (χ4v) is 2.62. The number of ether oxygens (including phenoxy) is 3. The molecule has 1 rings (SSSR count). The zero-order valence-corrected chi connectivity index (χ0v) is 16.6. The van der Waals surface area contributed by atoms with E-state index in [9.17, 15) is 9.59 Å². The zero-order chi connectivity index (χ0) is 19.0. The number of nitrogens with zero attached hydrogens (tertiary/aromatic N) is 1. The monoisotopic (exact) mass is 372 g/mol. The van der Waals surface area contributed by atoms with Gasteiger partial charge < -0.3 is 19.5 Å². The number of carbonyl (C=O) groups is 2. The summed E-state index contributed by atoms with van der Waals surface area (Å²) in [6, 6.07) is -0.498. The first kappa shape index (κ1) is 21.4. The molecule has 1 aromatic heterocycles. The molecule has 142 valence electrons. The molecule has 0 aliphatic rings. The predicted molar refractivity (Wildman–Crippen MR) is 95.8 cm³/mol. The van der Waals surface area contributed by atoms with Crippen LogP contribution in [0.2, 0.25) is 0 Å². The minimum absolute atomic E-state index is 0.224. The van der Waals surface area contributed by atoms with E-state index in [1.54, 1.807) is 33.1 Å². The van der Waals surface area contributed by atoms with Crippen LogP contribution in [-0.2, 0) is 14.2 Å². The van der Waals surface area contributed by atoms with E-state index in [-0.39, 0.29) is 18.9 Å². The molecule has 0 saturated heterocycles. The summed E-state index contributed by atoms with van der Waals surface area (Å²) >= 11 is 1.27. The van der Waals surface area contributed by atoms with E-state index in [1.165, 1.54) is 11.3 Å². The summed E-state index contributed by atoms with van der Waals surface area (Å²) < 4.78 is 15.9. The number of carbonyl (C=O) groups excluding carboxylic acids is 2. The number of rotatable bonds is 8. The molecule has 1 unspecified atom stereocenters. The Morgan fingerprint density at radius 1 is 1.28 bits per heavy atom. The van der Waals surface area contributed by atoms with Crippen LogP contribution in [0, 0.1) is 5.92 Å². The smallest absolute Gasteiger partial charge is 0.408 e. The highest BCUT2D eigenvalue weighted by atomic mass is 32.1.